The molecule has 0 saturated carbocycles. The molecule has 88 valence electrons. The van der Waals surface area contributed by atoms with Crippen LogP contribution < -0.4 is 10.6 Å². The number of nitrogens with two attached hydrogens (primary N) is 1. The monoisotopic (exact) mass is 239 g/mol. The zero-order chi connectivity index (χ0) is 12.7. The van der Waals surface area contributed by atoms with Crippen LogP contribution in [0.1, 0.15) is 20.8 Å². The van der Waals surface area contributed by atoms with Gasteiger partial charge in [0.25, 0.3) is 11.8 Å². The lowest BCUT2D eigenvalue weighted by molar-refractivity contribution is 0.0925. The van der Waals surface area contributed by atoms with Crippen LogP contribution in [0.4, 0.5) is 11.4 Å². The smallest absolute Gasteiger partial charge is 0.284 e. The average molecular weight is 239 g/mol. The van der Waals surface area contributed by atoms with Gasteiger partial charge in [-0.15, -0.1) is 0 Å². The average Bonchev–Trinajstić information content (AvgIpc) is 2.63. The SMILES string of the molecule is Nc1cccc(N2C(=O)c3cccnc3C2=O)c1. The van der Waals surface area contributed by atoms with E-state index in [9.17, 15) is 9.59 Å². The summed E-state index contributed by atoms with van der Waals surface area (Å²) in [5, 5.41) is 0. The van der Waals surface area contributed by atoms with E-state index < -0.39 is 5.91 Å². The number of fused-ring (bicyclic) bond motifs is 1. The van der Waals surface area contributed by atoms with Gasteiger partial charge in [0, 0.05) is 11.9 Å². The summed E-state index contributed by atoms with van der Waals surface area (Å²) in [7, 11) is 0. The molecule has 2 N–H and O–H groups in total. The number of nitrogen functional groups attached to an aromatic ring is 1. The fourth-order valence-corrected chi connectivity index (χ4v) is 1.97. The summed E-state index contributed by atoms with van der Waals surface area (Å²) >= 11 is 0. The first-order chi connectivity index (χ1) is 8.68. The molecule has 1 aliphatic rings. The van der Waals surface area contributed by atoms with Crippen LogP contribution in [0.3, 0.4) is 0 Å². The Hall–Kier alpha value is -2.69. The maximum atomic E-state index is 12.1. The molecule has 1 aliphatic heterocycles. The van der Waals surface area contributed by atoms with Crippen molar-refractivity contribution in [1.82, 2.24) is 4.98 Å². The number of pyridine rings is 1. The molecule has 2 amide bonds. The Morgan fingerprint density at radius 1 is 1.06 bits per heavy atom. The maximum absolute atomic E-state index is 12.1. The molecule has 0 saturated heterocycles. The largest absolute Gasteiger partial charge is 0.399 e. The Kier molecular flexibility index (Phi) is 2.13. The highest BCUT2D eigenvalue weighted by molar-refractivity contribution is 6.33. The summed E-state index contributed by atoms with van der Waals surface area (Å²) in [5.74, 6) is -0.782. The number of anilines is 2. The lowest BCUT2D eigenvalue weighted by Gasteiger charge is -2.13. The summed E-state index contributed by atoms with van der Waals surface area (Å²) in [6, 6.07) is 9.86. The number of amides is 2. The van der Waals surface area contributed by atoms with Crippen LogP contribution in [0.5, 0.6) is 0 Å². The minimum absolute atomic E-state index is 0.185. The first kappa shape index (κ1) is 10.5. The van der Waals surface area contributed by atoms with Crippen molar-refractivity contribution in [3.63, 3.8) is 0 Å². The van der Waals surface area contributed by atoms with Gasteiger partial charge in [-0.05, 0) is 30.3 Å². The highest BCUT2D eigenvalue weighted by Crippen LogP contribution is 2.27. The van der Waals surface area contributed by atoms with E-state index in [1.54, 1.807) is 36.4 Å². The van der Waals surface area contributed by atoms with Crippen molar-refractivity contribution in [2.45, 2.75) is 0 Å². The van der Waals surface area contributed by atoms with Crippen LogP contribution in [0.25, 0.3) is 0 Å². The van der Waals surface area contributed by atoms with Gasteiger partial charge in [0.2, 0.25) is 0 Å². The fraction of sp³-hybridized carbons (Fsp3) is 0. The van der Waals surface area contributed by atoms with Gasteiger partial charge in [-0.25, -0.2) is 4.90 Å². The molecule has 1 aromatic carbocycles. The predicted molar refractivity (Wildman–Crippen MR) is 66.2 cm³/mol. The van der Waals surface area contributed by atoms with Gasteiger partial charge in [-0.3, -0.25) is 14.6 Å². The second kappa shape index (κ2) is 3.66. The molecule has 18 heavy (non-hydrogen) atoms. The van der Waals surface area contributed by atoms with Crippen molar-refractivity contribution >= 4 is 23.2 Å². The molecule has 0 radical (unpaired) electrons. The standard InChI is InChI=1S/C13H9N3O2/c14-8-3-1-4-9(7-8)16-12(17)10-5-2-6-15-11(10)13(16)18/h1-7H,14H2. The van der Waals surface area contributed by atoms with E-state index in [0.717, 1.165) is 4.90 Å². The van der Waals surface area contributed by atoms with E-state index in [-0.39, 0.29) is 11.6 Å². The fourth-order valence-electron chi connectivity index (χ4n) is 1.97. The van der Waals surface area contributed by atoms with Crippen molar-refractivity contribution in [2.75, 3.05) is 10.6 Å². The van der Waals surface area contributed by atoms with Gasteiger partial charge < -0.3 is 5.73 Å². The van der Waals surface area contributed by atoms with Gasteiger partial charge in [0.15, 0.2) is 0 Å². The van der Waals surface area contributed by atoms with Gasteiger partial charge >= 0.3 is 0 Å². The first-order valence-electron chi connectivity index (χ1n) is 5.38. The molecule has 1 aromatic heterocycles. The highest BCUT2D eigenvalue weighted by Gasteiger charge is 2.37. The van der Waals surface area contributed by atoms with E-state index in [0.29, 0.717) is 16.9 Å². The molecule has 3 rings (SSSR count). The molecular weight excluding hydrogens is 230 g/mol. The van der Waals surface area contributed by atoms with Crippen molar-refractivity contribution in [3.8, 4) is 0 Å². The zero-order valence-corrected chi connectivity index (χ0v) is 9.33. The van der Waals surface area contributed by atoms with Crippen molar-refractivity contribution in [3.05, 3.63) is 53.9 Å². The summed E-state index contributed by atoms with van der Waals surface area (Å²) in [6.45, 7) is 0. The highest BCUT2D eigenvalue weighted by atomic mass is 16.2. The Morgan fingerprint density at radius 3 is 2.61 bits per heavy atom. The lowest BCUT2D eigenvalue weighted by atomic mass is 10.2. The molecular formula is C13H9N3O2. The molecule has 0 spiro atoms. The Labute approximate surface area is 103 Å². The number of hydrogen-bond acceptors (Lipinski definition) is 4. The topological polar surface area (TPSA) is 76.3 Å². The number of nitrogens with zero attached hydrogens (tertiary/aromatic N) is 2. The van der Waals surface area contributed by atoms with E-state index in [1.807, 2.05) is 0 Å². The number of hydrogen-bond donors (Lipinski definition) is 1. The first-order valence-corrected chi connectivity index (χ1v) is 5.38. The normalized spacial score (nSPS) is 13.9. The number of carbonyl (C=O) groups excluding carboxylic acids is 2. The quantitative estimate of drug-likeness (QED) is 0.603. The molecule has 0 fully saturated rings. The van der Waals surface area contributed by atoms with Gasteiger partial charge in [-0.1, -0.05) is 6.07 Å². The van der Waals surface area contributed by atoms with Crippen molar-refractivity contribution in [1.29, 1.82) is 0 Å². The van der Waals surface area contributed by atoms with Crippen LogP contribution in [0, 0.1) is 0 Å². The van der Waals surface area contributed by atoms with E-state index >= 15 is 0 Å². The summed E-state index contributed by atoms with van der Waals surface area (Å²) in [6.07, 6.45) is 1.49. The Bertz CT molecular complexity index is 632. The minimum atomic E-state index is -0.416. The molecule has 0 aliphatic carbocycles. The number of benzene rings is 1. The zero-order valence-electron chi connectivity index (χ0n) is 9.33. The van der Waals surface area contributed by atoms with Crippen molar-refractivity contribution in [2.24, 2.45) is 0 Å². The molecule has 0 bridgehead atoms. The number of carbonyl (C=O) groups is 2. The number of rotatable bonds is 1. The van der Waals surface area contributed by atoms with Gasteiger partial charge in [0.1, 0.15) is 5.69 Å². The Morgan fingerprint density at radius 2 is 1.89 bits per heavy atom. The van der Waals surface area contributed by atoms with E-state index in [1.165, 1.54) is 6.20 Å². The third-order valence-electron chi connectivity index (χ3n) is 2.78. The molecule has 0 unspecified atom stereocenters. The summed E-state index contributed by atoms with van der Waals surface area (Å²) in [4.78, 5) is 29.3. The maximum Gasteiger partial charge on any atom is 0.284 e. The van der Waals surface area contributed by atoms with Crippen LogP contribution >= 0.6 is 0 Å². The van der Waals surface area contributed by atoms with E-state index in [4.69, 9.17) is 5.73 Å². The second-order valence-electron chi connectivity index (χ2n) is 3.94. The van der Waals surface area contributed by atoms with Crippen LogP contribution in [-0.2, 0) is 0 Å². The lowest BCUT2D eigenvalue weighted by Crippen LogP contribution is -2.29. The minimum Gasteiger partial charge on any atom is -0.399 e. The second-order valence-corrected chi connectivity index (χ2v) is 3.94. The van der Waals surface area contributed by atoms with Gasteiger partial charge in [-0.2, -0.15) is 0 Å². The molecule has 2 aromatic rings. The third kappa shape index (κ3) is 1.37. The molecule has 5 nitrogen and oxygen atoms in total. The molecule has 2 heterocycles. The summed E-state index contributed by atoms with van der Waals surface area (Å²) in [5.41, 5.74) is 7.12. The predicted octanol–water partition coefficient (Wildman–Crippen LogP) is 1.46. The third-order valence-corrected chi connectivity index (χ3v) is 2.78. The van der Waals surface area contributed by atoms with Gasteiger partial charge in [0.05, 0.1) is 11.3 Å². The number of aromatic nitrogens is 1. The van der Waals surface area contributed by atoms with E-state index in [2.05, 4.69) is 4.98 Å². The van der Waals surface area contributed by atoms with Crippen molar-refractivity contribution < 1.29 is 9.59 Å². The summed E-state index contributed by atoms with van der Waals surface area (Å²) < 4.78 is 0. The van der Waals surface area contributed by atoms with Crippen LogP contribution in [0.2, 0.25) is 0 Å². The molecule has 5 heteroatoms. The van der Waals surface area contributed by atoms with Crippen LogP contribution in [0.15, 0.2) is 42.6 Å². The molecule has 0 atom stereocenters. The van der Waals surface area contributed by atoms with Crippen LogP contribution in [-0.4, -0.2) is 16.8 Å². The number of imide groups is 1. The Balaban J connectivity index is 2.12.